The van der Waals surface area contributed by atoms with Crippen molar-refractivity contribution in [3.05, 3.63) is 18.3 Å². The molecule has 22 heavy (non-hydrogen) atoms. The molecule has 1 amide bonds. The van der Waals surface area contributed by atoms with Crippen LogP contribution in [0.5, 0.6) is 5.88 Å². The average Bonchev–Trinajstić information content (AvgIpc) is 2.45. The van der Waals surface area contributed by atoms with Crippen LogP contribution in [0.2, 0.25) is 0 Å². The van der Waals surface area contributed by atoms with Gasteiger partial charge in [0.15, 0.2) is 0 Å². The fourth-order valence-corrected chi connectivity index (χ4v) is 2.41. The number of pyridine rings is 1. The lowest BCUT2D eigenvalue weighted by molar-refractivity contribution is 0.0138. The minimum Gasteiger partial charge on any atom is -0.476 e. The number of piperidine rings is 1. The van der Waals surface area contributed by atoms with Crippen molar-refractivity contribution in [3.8, 4) is 5.88 Å². The van der Waals surface area contributed by atoms with E-state index in [1.165, 1.54) is 0 Å². The van der Waals surface area contributed by atoms with E-state index in [9.17, 15) is 4.79 Å². The largest absolute Gasteiger partial charge is 0.476 e. The van der Waals surface area contributed by atoms with E-state index in [2.05, 4.69) is 4.98 Å². The number of anilines is 1. The van der Waals surface area contributed by atoms with Gasteiger partial charge in [-0.2, -0.15) is 0 Å². The van der Waals surface area contributed by atoms with Gasteiger partial charge >= 0.3 is 6.09 Å². The number of hydrogen-bond donors (Lipinski definition) is 1. The van der Waals surface area contributed by atoms with Crippen molar-refractivity contribution in [2.24, 2.45) is 5.92 Å². The molecule has 2 rings (SSSR count). The van der Waals surface area contributed by atoms with E-state index in [0.29, 0.717) is 24.7 Å². The molecule has 0 radical (unpaired) electrons. The molecule has 6 nitrogen and oxygen atoms in total. The Morgan fingerprint density at radius 2 is 2.27 bits per heavy atom. The lowest BCUT2D eigenvalue weighted by Crippen LogP contribution is -2.44. The van der Waals surface area contributed by atoms with Crippen LogP contribution in [0.4, 0.5) is 10.5 Å². The van der Waals surface area contributed by atoms with Crippen LogP contribution in [0, 0.1) is 5.92 Å². The van der Waals surface area contributed by atoms with Gasteiger partial charge in [-0.15, -0.1) is 0 Å². The first-order valence-corrected chi connectivity index (χ1v) is 7.66. The van der Waals surface area contributed by atoms with Crippen LogP contribution in [-0.2, 0) is 4.74 Å². The van der Waals surface area contributed by atoms with E-state index in [1.807, 2.05) is 20.8 Å². The molecule has 1 aromatic heterocycles. The van der Waals surface area contributed by atoms with E-state index in [4.69, 9.17) is 15.2 Å². The maximum Gasteiger partial charge on any atom is 0.410 e. The minimum absolute atomic E-state index is 0.255. The number of rotatable bonds is 3. The normalized spacial score (nSPS) is 18.9. The van der Waals surface area contributed by atoms with Gasteiger partial charge in [-0.1, -0.05) is 0 Å². The molecule has 1 atom stereocenters. The molecule has 0 spiro atoms. The predicted molar refractivity (Wildman–Crippen MR) is 84.7 cm³/mol. The number of nitrogens with two attached hydrogens (primary N) is 1. The molecule has 1 aliphatic heterocycles. The predicted octanol–water partition coefficient (Wildman–Crippen LogP) is 2.69. The van der Waals surface area contributed by atoms with Crippen LogP contribution in [0.3, 0.4) is 0 Å². The van der Waals surface area contributed by atoms with Gasteiger partial charge in [0.25, 0.3) is 0 Å². The van der Waals surface area contributed by atoms with Crippen molar-refractivity contribution in [1.82, 2.24) is 9.88 Å². The molecule has 2 N–H and O–H groups in total. The van der Waals surface area contributed by atoms with E-state index in [1.54, 1.807) is 23.2 Å². The third-order valence-corrected chi connectivity index (χ3v) is 3.43. The molecule has 1 fully saturated rings. The zero-order valence-corrected chi connectivity index (χ0v) is 13.5. The Balaban J connectivity index is 1.86. The van der Waals surface area contributed by atoms with Crippen LogP contribution in [-0.4, -0.2) is 41.3 Å². The van der Waals surface area contributed by atoms with Gasteiger partial charge in [-0.05, 0) is 45.7 Å². The number of nitrogens with zero attached hydrogens (tertiary/aromatic N) is 2. The Morgan fingerprint density at radius 3 is 2.95 bits per heavy atom. The Kier molecular flexibility index (Phi) is 5.11. The van der Waals surface area contributed by atoms with E-state index in [-0.39, 0.29) is 12.0 Å². The number of aromatic nitrogens is 1. The molecule has 0 aromatic carbocycles. The number of nitrogen functional groups attached to an aromatic ring is 1. The van der Waals surface area contributed by atoms with Gasteiger partial charge < -0.3 is 20.1 Å². The van der Waals surface area contributed by atoms with Crippen LogP contribution in [0.15, 0.2) is 18.3 Å². The minimum atomic E-state index is -0.469. The SMILES string of the molecule is CC(C)(C)OC(=O)N1CCCC(COc2ncccc2N)C1. The van der Waals surface area contributed by atoms with Gasteiger partial charge in [-0.3, -0.25) is 0 Å². The first kappa shape index (κ1) is 16.4. The van der Waals surface area contributed by atoms with Crippen LogP contribution >= 0.6 is 0 Å². The lowest BCUT2D eigenvalue weighted by atomic mass is 9.99. The molecule has 1 aromatic rings. The summed E-state index contributed by atoms with van der Waals surface area (Å²) in [7, 11) is 0. The first-order chi connectivity index (χ1) is 10.3. The Labute approximate surface area is 131 Å². The fourth-order valence-electron chi connectivity index (χ4n) is 2.41. The molecule has 1 saturated heterocycles. The summed E-state index contributed by atoms with van der Waals surface area (Å²) in [6.07, 6.45) is 3.37. The summed E-state index contributed by atoms with van der Waals surface area (Å²) in [5.41, 5.74) is 5.87. The van der Waals surface area contributed by atoms with E-state index in [0.717, 1.165) is 19.4 Å². The third kappa shape index (κ3) is 4.79. The lowest BCUT2D eigenvalue weighted by Gasteiger charge is -2.34. The number of hydrogen-bond acceptors (Lipinski definition) is 5. The third-order valence-electron chi connectivity index (χ3n) is 3.43. The number of ether oxygens (including phenoxy) is 2. The molecule has 0 saturated carbocycles. The molecule has 1 aliphatic rings. The van der Waals surface area contributed by atoms with Crippen molar-refractivity contribution < 1.29 is 14.3 Å². The van der Waals surface area contributed by atoms with Gasteiger partial charge in [-0.25, -0.2) is 9.78 Å². The number of carbonyl (C=O) groups excluding carboxylic acids is 1. The molecule has 6 heteroatoms. The summed E-state index contributed by atoms with van der Waals surface area (Å²) in [4.78, 5) is 18.0. The number of carbonyl (C=O) groups is 1. The maximum absolute atomic E-state index is 12.1. The summed E-state index contributed by atoms with van der Waals surface area (Å²) in [5.74, 6) is 0.722. The van der Waals surface area contributed by atoms with Gasteiger partial charge in [0.1, 0.15) is 5.60 Å². The van der Waals surface area contributed by atoms with Crippen LogP contribution < -0.4 is 10.5 Å². The maximum atomic E-state index is 12.1. The molecule has 0 aliphatic carbocycles. The Bertz CT molecular complexity index is 514. The van der Waals surface area contributed by atoms with Crippen molar-refractivity contribution >= 4 is 11.8 Å². The zero-order valence-electron chi connectivity index (χ0n) is 13.5. The van der Waals surface area contributed by atoms with Crippen molar-refractivity contribution in [2.75, 3.05) is 25.4 Å². The molecular formula is C16H25N3O3. The molecule has 1 unspecified atom stereocenters. The van der Waals surface area contributed by atoms with E-state index < -0.39 is 5.60 Å². The topological polar surface area (TPSA) is 77.7 Å². The van der Waals surface area contributed by atoms with Gasteiger partial charge in [0.2, 0.25) is 5.88 Å². The highest BCUT2D eigenvalue weighted by Crippen LogP contribution is 2.22. The number of amides is 1. The summed E-state index contributed by atoms with van der Waals surface area (Å²) >= 11 is 0. The summed E-state index contributed by atoms with van der Waals surface area (Å²) in [6, 6.07) is 3.53. The van der Waals surface area contributed by atoms with Crippen molar-refractivity contribution in [1.29, 1.82) is 0 Å². The molecule has 122 valence electrons. The highest BCUT2D eigenvalue weighted by molar-refractivity contribution is 5.68. The Morgan fingerprint density at radius 1 is 1.50 bits per heavy atom. The summed E-state index contributed by atoms with van der Waals surface area (Å²) in [6.45, 7) is 7.50. The van der Waals surface area contributed by atoms with E-state index >= 15 is 0 Å². The fraction of sp³-hybridized carbons (Fsp3) is 0.625. The molecular weight excluding hydrogens is 282 g/mol. The van der Waals surface area contributed by atoms with Gasteiger partial charge in [0, 0.05) is 25.2 Å². The highest BCUT2D eigenvalue weighted by atomic mass is 16.6. The average molecular weight is 307 g/mol. The number of likely N-dealkylation sites (tertiary alicyclic amines) is 1. The standard InChI is InChI=1S/C16H25N3O3/c1-16(2,3)22-15(20)19-9-5-6-12(10-19)11-21-14-13(17)7-4-8-18-14/h4,7-8,12H,5-6,9-11,17H2,1-3H3. The summed E-state index contributed by atoms with van der Waals surface area (Å²) < 4.78 is 11.1. The first-order valence-electron chi connectivity index (χ1n) is 7.66. The molecule has 0 bridgehead atoms. The van der Waals surface area contributed by atoms with Crippen molar-refractivity contribution in [2.45, 2.75) is 39.2 Å². The molecule has 2 heterocycles. The second-order valence-electron chi connectivity index (χ2n) is 6.64. The van der Waals surface area contributed by atoms with Crippen LogP contribution in [0.1, 0.15) is 33.6 Å². The smallest absolute Gasteiger partial charge is 0.410 e. The zero-order chi connectivity index (χ0) is 16.2. The highest BCUT2D eigenvalue weighted by Gasteiger charge is 2.28. The van der Waals surface area contributed by atoms with Crippen molar-refractivity contribution in [3.63, 3.8) is 0 Å². The monoisotopic (exact) mass is 307 g/mol. The van der Waals surface area contributed by atoms with Gasteiger partial charge in [0.05, 0.1) is 12.3 Å². The van der Waals surface area contributed by atoms with Crippen LogP contribution in [0.25, 0.3) is 0 Å². The quantitative estimate of drug-likeness (QED) is 0.929. The second-order valence-corrected chi connectivity index (χ2v) is 6.64. The second kappa shape index (κ2) is 6.85. The Hall–Kier alpha value is -1.98. The summed E-state index contributed by atoms with van der Waals surface area (Å²) in [5, 5.41) is 0.